The summed E-state index contributed by atoms with van der Waals surface area (Å²) in [7, 11) is -2.50. The number of hydrogen-bond acceptors (Lipinski definition) is 8. The molecule has 3 aromatic rings. The lowest BCUT2D eigenvalue weighted by Crippen LogP contribution is -2.41. The van der Waals surface area contributed by atoms with Crippen LogP contribution in [0.15, 0.2) is 35.5 Å². The van der Waals surface area contributed by atoms with Gasteiger partial charge in [0.25, 0.3) is 15.9 Å². The lowest BCUT2D eigenvalue weighted by atomic mass is 9.97. The quantitative estimate of drug-likeness (QED) is 0.480. The third-order valence-electron chi connectivity index (χ3n) is 6.59. The summed E-state index contributed by atoms with van der Waals surface area (Å²) in [5.41, 5.74) is 0.287. The molecular formula is C26H37N7O4S. The van der Waals surface area contributed by atoms with Gasteiger partial charge in [-0.25, -0.2) is 22.8 Å². The third-order valence-corrected chi connectivity index (χ3v) is 8.03. The first-order valence-electron chi connectivity index (χ1n) is 12.6. The number of ether oxygens (including phenoxy) is 1. The van der Waals surface area contributed by atoms with E-state index in [-0.39, 0.29) is 21.4 Å². The third kappa shape index (κ3) is 5.69. The average molecular weight is 544 g/mol. The number of anilines is 1. The van der Waals surface area contributed by atoms with Gasteiger partial charge in [-0.1, -0.05) is 27.7 Å². The van der Waals surface area contributed by atoms with Gasteiger partial charge >= 0.3 is 0 Å². The van der Waals surface area contributed by atoms with Crippen LogP contribution in [-0.2, 0) is 17.1 Å². The van der Waals surface area contributed by atoms with Crippen LogP contribution in [0.5, 0.6) is 5.88 Å². The zero-order valence-electron chi connectivity index (χ0n) is 23.3. The molecule has 4 rings (SSSR count). The number of rotatable bonds is 7. The second-order valence-electron chi connectivity index (χ2n) is 11.9. The van der Waals surface area contributed by atoms with Crippen molar-refractivity contribution >= 4 is 21.7 Å². The van der Waals surface area contributed by atoms with E-state index in [1.165, 1.54) is 10.9 Å². The molecule has 3 aromatic heterocycles. The number of aryl methyl sites for hydroxylation is 1. The highest BCUT2D eigenvalue weighted by molar-refractivity contribution is 7.90. The summed E-state index contributed by atoms with van der Waals surface area (Å²) in [6.07, 6.45) is 3.88. The molecule has 4 heterocycles. The van der Waals surface area contributed by atoms with Crippen molar-refractivity contribution in [3.63, 3.8) is 0 Å². The highest BCUT2D eigenvalue weighted by Gasteiger charge is 2.39. The van der Waals surface area contributed by atoms with Crippen molar-refractivity contribution in [3.8, 4) is 11.7 Å². The Kier molecular flexibility index (Phi) is 7.06. The Morgan fingerprint density at radius 1 is 1.24 bits per heavy atom. The zero-order chi connectivity index (χ0) is 28.0. The van der Waals surface area contributed by atoms with Crippen LogP contribution in [0.1, 0.15) is 64.0 Å². The number of aromatic nitrogens is 5. The van der Waals surface area contributed by atoms with E-state index in [4.69, 9.17) is 9.72 Å². The molecule has 0 radical (unpaired) electrons. The van der Waals surface area contributed by atoms with E-state index in [1.54, 1.807) is 43.0 Å². The fourth-order valence-electron chi connectivity index (χ4n) is 4.69. The number of hydrogen-bond donors (Lipinski definition) is 1. The first-order chi connectivity index (χ1) is 17.6. The number of pyridine rings is 1. The van der Waals surface area contributed by atoms with Gasteiger partial charge in [-0.3, -0.25) is 9.48 Å². The second kappa shape index (κ2) is 9.72. The molecule has 0 aromatic carbocycles. The van der Waals surface area contributed by atoms with E-state index in [2.05, 4.69) is 61.4 Å². The fourth-order valence-corrected chi connectivity index (χ4v) is 5.86. The number of nitrogens with one attached hydrogen (secondary N) is 1. The molecule has 0 bridgehead atoms. The molecule has 12 heteroatoms. The zero-order valence-corrected chi connectivity index (χ0v) is 24.1. The maximum absolute atomic E-state index is 13.4. The van der Waals surface area contributed by atoms with Crippen LogP contribution in [0.25, 0.3) is 5.82 Å². The molecule has 1 saturated heterocycles. The molecule has 0 spiro atoms. The first kappa shape index (κ1) is 27.6. The Labute approximate surface area is 224 Å². The standard InChI is InChI=1S/C26H37N7O4S/c1-17-13-26(6,7)32(15-17)23-19(24(34)30-38(35,36)20-14-27-31(8)18(20)2)9-10-21(28-23)33-12-11-22(29-33)37-16-25(3,4)5/h9-12,14,17H,13,15-16H2,1-8H3,(H,30,34)/t17-/m0/s1. The van der Waals surface area contributed by atoms with Crippen molar-refractivity contribution in [2.75, 3.05) is 18.1 Å². The second-order valence-corrected chi connectivity index (χ2v) is 13.5. The summed E-state index contributed by atoms with van der Waals surface area (Å²) >= 11 is 0. The largest absolute Gasteiger partial charge is 0.476 e. The minimum Gasteiger partial charge on any atom is -0.476 e. The predicted molar refractivity (Wildman–Crippen MR) is 144 cm³/mol. The molecule has 0 saturated carbocycles. The SMILES string of the molecule is Cc1c(S(=O)(=O)NC(=O)c2ccc(-n3ccc(OCC(C)(C)C)n3)nc2N2C[C@@H](C)CC2(C)C)cnn1C. The minimum absolute atomic E-state index is 0.0169. The first-order valence-corrected chi connectivity index (χ1v) is 14.1. The van der Waals surface area contributed by atoms with Crippen LogP contribution in [-0.4, -0.2) is 57.6 Å². The van der Waals surface area contributed by atoms with Gasteiger partial charge in [-0.2, -0.15) is 5.10 Å². The minimum atomic E-state index is -4.14. The normalized spacial score (nSPS) is 17.6. The summed E-state index contributed by atoms with van der Waals surface area (Å²) < 4.78 is 37.1. The van der Waals surface area contributed by atoms with Crippen molar-refractivity contribution in [1.29, 1.82) is 0 Å². The molecular weight excluding hydrogens is 506 g/mol. The Bertz CT molecular complexity index is 1450. The van der Waals surface area contributed by atoms with Gasteiger partial charge in [0.1, 0.15) is 10.7 Å². The Morgan fingerprint density at radius 3 is 2.53 bits per heavy atom. The molecule has 1 fully saturated rings. The van der Waals surface area contributed by atoms with Crippen LogP contribution in [0.2, 0.25) is 0 Å². The summed E-state index contributed by atoms with van der Waals surface area (Å²) in [4.78, 5) is 20.3. The van der Waals surface area contributed by atoms with E-state index in [9.17, 15) is 13.2 Å². The van der Waals surface area contributed by atoms with E-state index < -0.39 is 15.9 Å². The van der Waals surface area contributed by atoms with Gasteiger partial charge in [-0.05, 0) is 50.7 Å². The average Bonchev–Trinajstić information content (AvgIpc) is 3.48. The van der Waals surface area contributed by atoms with E-state index in [1.807, 2.05) is 0 Å². The molecule has 1 aliphatic rings. The molecule has 1 aliphatic heterocycles. The van der Waals surface area contributed by atoms with Crippen molar-refractivity contribution < 1.29 is 17.9 Å². The van der Waals surface area contributed by atoms with Crippen LogP contribution >= 0.6 is 0 Å². The monoisotopic (exact) mass is 543 g/mol. The van der Waals surface area contributed by atoms with Crippen molar-refractivity contribution in [1.82, 2.24) is 29.3 Å². The predicted octanol–water partition coefficient (Wildman–Crippen LogP) is 3.48. The maximum atomic E-state index is 13.4. The van der Waals surface area contributed by atoms with Gasteiger partial charge < -0.3 is 9.64 Å². The lowest BCUT2D eigenvalue weighted by molar-refractivity contribution is 0.0981. The van der Waals surface area contributed by atoms with Crippen LogP contribution in [0.3, 0.4) is 0 Å². The smallest absolute Gasteiger partial charge is 0.268 e. The number of amides is 1. The van der Waals surface area contributed by atoms with Crippen LogP contribution in [0, 0.1) is 18.3 Å². The lowest BCUT2D eigenvalue weighted by Gasteiger charge is -2.34. The maximum Gasteiger partial charge on any atom is 0.268 e. The van der Waals surface area contributed by atoms with Crippen molar-refractivity contribution in [2.24, 2.45) is 18.4 Å². The molecule has 11 nitrogen and oxygen atoms in total. The van der Waals surface area contributed by atoms with Gasteiger partial charge in [-0.15, -0.1) is 5.10 Å². The molecule has 1 atom stereocenters. The van der Waals surface area contributed by atoms with E-state index in [0.717, 1.165) is 6.42 Å². The topological polar surface area (TPSA) is 124 Å². The Hall–Kier alpha value is -3.41. The van der Waals surface area contributed by atoms with Crippen molar-refractivity contribution in [2.45, 2.75) is 65.3 Å². The summed E-state index contributed by atoms with van der Waals surface area (Å²) in [5.74, 6) is 0.976. The highest BCUT2D eigenvalue weighted by Crippen LogP contribution is 2.37. The Morgan fingerprint density at radius 2 is 1.95 bits per heavy atom. The van der Waals surface area contributed by atoms with Gasteiger partial charge in [0.2, 0.25) is 5.88 Å². The van der Waals surface area contributed by atoms with Gasteiger partial charge in [0.05, 0.1) is 24.1 Å². The van der Waals surface area contributed by atoms with Crippen LogP contribution in [0.4, 0.5) is 5.82 Å². The Balaban J connectivity index is 1.71. The molecule has 206 valence electrons. The molecule has 38 heavy (non-hydrogen) atoms. The highest BCUT2D eigenvalue weighted by atomic mass is 32.2. The number of sulfonamides is 1. The molecule has 0 unspecified atom stereocenters. The fraction of sp³-hybridized carbons (Fsp3) is 0.538. The summed E-state index contributed by atoms with van der Waals surface area (Å²) in [5, 5.41) is 8.49. The number of carbonyl (C=O) groups is 1. The molecule has 0 aliphatic carbocycles. The number of nitrogens with zero attached hydrogens (tertiary/aromatic N) is 6. The van der Waals surface area contributed by atoms with Gasteiger partial charge in [0.15, 0.2) is 5.82 Å². The molecule has 1 N–H and O–H groups in total. The van der Waals surface area contributed by atoms with E-state index in [0.29, 0.717) is 42.3 Å². The van der Waals surface area contributed by atoms with E-state index >= 15 is 0 Å². The number of carbonyl (C=O) groups excluding carboxylic acids is 1. The van der Waals surface area contributed by atoms with Gasteiger partial charge in [0, 0.05) is 31.4 Å². The van der Waals surface area contributed by atoms with Crippen molar-refractivity contribution in [3.05, 3.63) is 41.9 Å². The summed E-state index contributed by atoms with van der Waals surface area (Å²) in [6.45, 7) is 15.4. The molecule has 1 amide bonds. The van der Waals surface area contributed by atoms with Crippen LogP contribution < -0.4 is 14.4 Å². The summed E-state index contributed by atoms with van der Waals surface area (Å²) in [6, 6.07) is 5.00.